The number of anilines is 1. The molecule has 8 heteroatoms. The molecule has 0 aliphatic carbocycles. The number of amides is 1. The molecule has 1 aromatic carbocycles. The summed E-state index contributed by atoms with van der Waals surface area (Å²) in [6.07, 6.45) is 3.15. The molecule has 2 aliphatic heterocycles. The number of nitro benzene ring substituents is 1. The highest BCUT2D eigenvalue weighted by Gasteiger charge is 2.30. The van der Waals surface area contributed by atoms with Crippen molar-refractivity contribution in [2.75, 3.05) is 37.7 Å². The van der Waals surface area contributed by atoms with Gasteiger partial charge in [0.1, 0.15) is 5.69 Å². The van der Waals surface area contributed by atoms with Crippen LogP contribution < -0.4 is 4.90 Å². The predicted molar refractivity (Wildman–Crippen MR) is 99.8 cm³/mol. The van der Waals surface area contributed by atoms with E-state index in [-0.39, 0.29) is 23.5 Å². The Morgan fingerprint density at radius 1 is 1.19 bits per heavy atom. The number of nitro groups is 1. The van der Waals surface area contributed by atoms with Crippen molar-refractivity contribution in [3.8, 4) is 0 Å². The molecule has 2 aliphatic rings. The molecule has 0 aromatic heterocycles. The fourth-order valence-corrected chi connectivity index (χ4v) is 3.79. The van der Waals surface area contributed by atoms with Gasteiger partial charge in [-0.25, -0.2) is 0 Å². The number of benzene rings is 1. The second kappa shape index (κ2) is 8.37. The molecule has 0 spiro atoms. The second-order valence-electron chi connectivity index (χ2n) is 6.97. The standard InChI is InChI=1S/C19H25N3O5/c1-2-27-19(24)14-7-11-21(12-8-14)18(23)15-5-6-16(17(13-15)22(25)26)20-9-3-4-10-20/h5-6,13-14H,2-4,7-12H2,1H3. The molecule has 1 aromatic rings. The van der Waals surface area contributed by atoms with Crippen LogP contribution in [0.15, 0.2) is 18.2 Å². The number of ether oxygens (including phenoxy) is 1. The summed E-state index contributed by atoms with van der Waals surface area (Å²) in [6.45, 7) is 4.62. The maximum atomic E-state index is 12.8. The molecule has 0 saturated carbocycles. The zero-order valence-corrected chi connectivity index (χ0v) is 15.6. The molecule has 0 N–H and O–H groups in total. The fraction of sp³-hybridized carbons (Fsp3) is 0.579. The number of hydrogen-bond donors (Lipinski definition) is 0. The first kappa shape index (κ1) is 19.1. The van der Waals surface area contributed by atoms with E-state index in [2.05, 4.69) is 0 Å². The van der Waals surface area contributed by atoms with E-state index < -0.39 is 4.92 Å². The smallest absolute Gasteiger partial charge is 0.309 e. The van der Waals surface area contributed by atoms with Crippen molar-refractivity contribution in [3.63, 3.8) is 0 Å². The summed E-state index contributed by atoms with van der Waals surface area (Å²) in [7, 11) is 0. The van der Waals surface area contributed by atoms with Gasteiger partial charge in [0, 0.05) is 37.8 Å². The third-order valence-corrected chi connectivity index (χ3v) is 5.27. The van der Waals surface area contributed by atoms with Crippen LogP contribution in [0.3, 0.4) is 0 Å². The van der Waals surface area contributed by atoms with Crippen molar-refractivity contribution in [1.29, 1.82) is 0 Å². The first-order chi connectivity index (χ1) is 13.0. The molecule has 0 unspecified atom stereocenters. The maximum absolute atomic E-state index is 12.8. The minimum absolute atomic E-state index is 0.0239. The van der Waals surface area contributed by atoms with Crippen molar-refractivity contribution in [1.82, 2.24) is 4.90 Å². The number of piperidine rings is 1. The summed E-state index contributed by atoms with van der Waals surface area (Å²) < 4.78 is 5.04. The molecule has 0 bridgehead atoms. The molecule has 146 valence electrons. The molecule has 1 amide bonds. The minimum Gasteiger partial charge on any atom is -0.466 e. The summed E-state index contributed by atoms with van der Waals surface area (Å²) in [5.41, 5.74) is 0.874. The van der Waals surface area contributed by atoms with Crippen LogP contribution in [0, 0.1) is 16.0 Å². The number of esters is 1. The number of carbonyl (C=O) groups is 2. The van der Waals surface area contributed by atoms with Gasteiger partial charge in [-0.1, -0.05) is 0 Å². The Kier molecular flexibility index (Phi) is 5.93. The molecule has 2 heterocycles. The van der Waals surface area contributed by atoms with E-state index in [0.717, 1.165) is 25.9 Å². The summed E-state index contributed by atoms with van der Waals surface area (Å²) in [4.78, 5) is 39.4. The number of nitrogens with zero attached hydrogens (tertiary/aromatic N) is 3. The summed E-state index contributed by atoms with van der Waals surface area (Å²) >= 11 is 0. The Morgan fingerprint density at radius 2 is 1.85 bits per heavy atom. The van der Waals surface area contributed by atoms with E-state index in [4.69, 9.17) is 4.74 Å². The van der Waals surface area contributed by atoms with Gasteiger partial charge in [-0.3, -0.25) is 19.7 Å². The van der Waals surface area contributed by atoms with Crippen molar-refractivity contribution in [2.45, 2.75) is 32.6 Å². The van der Waals surface area contributed by atoms with Gasteiger partial charge in [-0.05, 0) is 44.7 Å². The lowest BCUT2D eigenvalue weighted by Gasteiger charge is -2.31. The van der Waals surface area contributed by atoms with Gasteiger partial charge >= 0.3 is 5.97 Å². The summed E-state index contributed by atoms with van der Waals surface area (Å²) in [6, 6.07) is 4.73. The van der Waals surface area contributed by atoms with Gasteiger partial charge in [0.05, 0.1) is 17.4 Å². The highest BCUT2D eigenvalue weighted by Crippen LogP contribution is 2.32. The van der Waals surface area contributed by atoms with E-state index in [1.807, 2.05) is 4.90 Å². The van der Waals surface area contributed by atoms with Gasteiger partial charge in [0.2, 0.25) is 0 Å². The Hall–Kier alpha value is -2.64. The normalized spacial score (nSPS) is 17.8. The third kappa shape index (κ3) is 4.20. The SMILES string of the molecule is CCOC(=O)C1CCN(C(=O)c2ccc(N3CCCC3)c([N+](=O)[O-])c2)CC1. The van der Waals surface area contributed by atoms with Crippen LogP contribution in [-0.4, -0.2) is 54.5 Å². The van der Waals surface area contributed by atoms with Crippen LogP contribution >= 0.6 is 0 Å². The van der Waals surface area contributed by atoms with Gasteiger partial charge in [-0.15, -0.1) is 0 Å². The van der Waals surface area contributed by atoms with Crippen molar-refractivity contribution < 1.29 is 19.2 Å². The predicted octanol–water partition coefficient (Wildman–Crippen LogP) is 2.61. The topological polar surface area (TPSA) is 93.0 Å². The van der Waals surface area contributed by atoms with Crippen LogP contribution in [-0.2, 0) is 9.53 Å². The highest BCUT2D eigenvalue weighted by molar-refractivity contribution is 5.96. The molecule has 8 nitrogen and oxygen atoms in total. The molecule has 3 rings (SSSR count). The number of carbonyl (C=O) groups excluding carboxylic acids is 2. The Labute approximate surface area is 158 Å². The van der Waals surface area contributed by atoms with Crippen LogP contribution in [0.5, 0.6) is 0 Å². The van der Waals surface area contributed by atoms with Crippen molar-refractivity contribution >= 4 is 23.3 Å². The lowest BCUT2D eigenvalue weighted by molar-refractivity contribution is -0.384. The molecule has 27 heavy (non-hydrogen) atoms. The zero-order valence-electron chi connectivity index (χ0n) is 15.6. The number of likely N-dealkylation sites (tertiary alicyclic amines) is 1. The van der Waals surface area contributed by atoms with E-state index in [1.165, 1.54) is 6.07 Å². The molecule has 0 atom stereocenters. The molecule has 0 radical (unpaired) electrons. The average Bonchev–Trinajstić information content (AvgIpc) is 3.22. The largest absolute Gasteiger partial charge is 0.466 e. The zero-order chi connectivity index (χ0) is 19.4. The Morgan fingerprint density at radius 3 is 2.44 bits per heavy atom. The Balaban J connectivity index is 1.71. The molecule has 2 saturated heterocycles. The first-order valence-corrected chi connectivity index (χ1v) is 9.50. The van der Waals surface area contributed by atoms with Gasteiger partial charge in [-0.2, -0.15) is 0 Å². The number of rotatable bonds is 5. The monoisotopic (exact) mass is 375 g/mol. The van der Waals surface area contributed by atoms with E-state index >= 15 is 0 Å². The fourth-order valence-electron chi connectivity index (χ4n) is 3.79. The Bertz CT molecular complexity index is 722. The van der Waals surface area contributed by atoms with Crippen LogP contribution in [0.4, 0.5) is 11.4 Å². The lowest BCUT2D eigenvalue weighted by Crippen LogP contribution is -2.40. The van der Waals surface area contributed by atoms with Crippen LogP contribution in [0.25, 0.3) is 0 Å². The summed E-state index contributed by atoms with van der Waals surface area (Å²) in [5, 5.41) is 11.5. The summed E-state index contributed by atoms with van der Waals surface area (Å²) in [5.74, 6) is -0.621. The van der Waals surface area contributed by atoms with E-state index in [1.54, 1.807) is 24.0 Å². The van der Waals surface area contributed by atoms with Crippen molar-refractivity contribution in [2.24, 2.45) is 5.92 Å². The third-order valence-electron chi connectivity index (χ3n) is 5.27. The molecule has 2 fully saturated rings. The number of hydrogen-bond acceptors (Lipinski definition) is 6. The molecular weight excluding hydrogens is 350 g/mol. The first-order valence-electron chi connectivity index (χ1n) is 9.50. The van der Waals surface area contributed by atoms with Crippen LogP contribution in [0.2, 0.25) is 0 Å². The van der Waals surface area contributed by atoms with Crippen molar-refractivity contribution in [3.05, 3.63) is 33.9 Å². The van der Waals surface area contributed by atoms with Gasteiger partial charge in [0.15, 0.2) is 0 Å². The van der Waals surface area contributed by atoms with Gasteiger partial charge < -0.3 is 14.5 Å². The highest BCUT2D eigenvalue weighted by atomic mass is 16.6. The molecular formula is C19H25N3O5. The average molecular weight is 375 g/mol. The van der Waals surface area contributed by atoms with Gasteiger partial charge in [0.25, 0.3) is 11.6 Å². The minimum atomic E-state index is -0.419. The second-order valence-corrected chi connectivity index (χ2v) is 6.97. The lowest BCUT2D eigenvalue weighted by atomic mass is 9.96. The van der Waals surface area contributed by atoms with E-state index in [0.29, 0.717) is 43.8 Å². The maximum Gasteiger partial charge on any atom is 0.309 e. The van der Waals surface area contributed by atoms with Crippen LogP contribution in [0.1, 0.15) is 43.0 Å². The quantitative estimate of drug-likeness (QED) is 0.446. The van der Waals surface area contributed by atoms with E-state index in [9.17, 15) is 19.7 Å².